The molecule has 0 radical (unpaired) electrons. The third kappa shape index (κ3) is 3.00. The van der Waals surface area contributed by atoms with Crippen LogP contribution in [0, 0.1) is 11.3 Å². The summed E-state index contributed by atoms with van der Waals surface area (Å²) in [4.78, 5) is 14.9. The van der Waals surface area contributed by atoms with Crippen molar-refractivity contribution in [3.05, 3.63) is 52.7 Å². The number of pyridine rings is 1. The van der Waals surface area contributed by atoms with E-state index in [-0.39, 0.29) is 17.2 Å². The number of aromatic nitrogens is 1. The van der Waals surface area contributed by atoms with Crippen molar-refractivity contribution in [3.8, 4) is 17.7 Å². The van der Waals surface area contributed by atoms with E-state index in [4.69, 9.17) is 26.7 Å². The largest absolute Gasteiger partial charge is 0.478 e. The van der Waals surface area contributed by atoms with Crippen molar-refractivity contribution >= 4 is 17.6 Å². The van der Waals surface area contributed by atoms with Crippen molar-refractivity contribution in [2.24, 2.45) is 0 Å². The van der Waals surface area contributed by atoms with Crippen molar-refractivity contribution in [3.63, 3.8) is 0 Å². The van der Waals surface area contributed by atoms with Gasteiger partial charge >= 0.3 is 5.97 Å². The van der Waals surface area contributed by atoms with Gasteiger partial charge in [-0.15, -0.1) is 0 Å². The molecule has 0 unspecified atom stereocenters. The van der Waals surface area contributed by atoms with E-state index < -0.39 is 5.97 Å². The molecule has 1 N–H and O–H groups in total. The van der Waals surface area contributed by atoms with E-state index in [1.54, 1.807) is 0 Å². The van der Waals surface area contributed by atoms with E-state index in [9.17, 15) is 4.79 Å². The lowest BCUT2D eigenvalue weighted by molar-refractivity contribution is 0.0694. The van der Waals surface area contributed by atoms with Crippen LogP contribution in [0.25, 0.3) is 0 Å². The Morgan fingerprint density at radius 2 is 2.16 bits per heavy atom. The molecule has 2 rings (SSSR count). The van der Waals surface area contributed by atoms with Crippen molar-refractivity contribution in [2.75, 3.05) is 0 Å². The second kappa shape index (κ2) is 5.38. The number of carboxylic acids is 1. The summed E-state index contributed by atoms with van der Waals surface area (Å²) in [6, 6.07) is 9.13. The summed E-state index contributed by atoms with van der Waals surface area (Å²) in [5.74, 6) is -0.846. The van der Waals surface area contributed by atoms with E-state index in [1.165, 1.54) is 36.5 Å². The van der Waals surface area contributed by atoms with Crippen LogP contribution in [-0.2, 0) is 0 Å². The predicted octanol–water partition coefficient (Wildman–Crippen LogP) is 3.10. The maximum absolute atomic E-state index is 11.0. The zero-order chi connectivity index (χ0) is 13.8. The number of hydrogen-bond donors (Lipinski definition) is 1. The first kappa shape index (κ1) is 12.9. The van der Waals surface area contributed by atoms with E-state index in [0.29, 0.717) is 10.6 Å². The molecule has 0 aliphatic carbocycles. The third-order valence-corrected chi connectivity index (χ3v) is 2.49. The van der Waals surface area contributed by atoms with Crippen LogP contribution in [0.1, 0.15) is 15.9 Å². The fourth-order valence-corrected chi connectivity index (χ4v) is 1.54. The van der Waals surface area contributed by atoms with Gasteiger partial charge in [0.2, 0.25) is 5.88 Å². The van der Waals surface area contributed by atoms with E-state index in [0.717, 1.165) is 0 Å². The molecular formula is C13H7ClN2O3. The second-order valence-corrected chi connectivity index (χ2v) is 3.98. The maximum atomic E-state index is 11.0. The Bertz CT molecular complexity index is 663. The zero-order valence-corrected chi connectivity index (χ0v) is 10.3. The Kier molecular flexibility index (Phi) is 3.64. The molecule has 0 saturated carbocycles. The molecule has 0 aliphatic heterocycles. The summed E-state index contributed by atoms with van der Waals surface area (Å²) in [5.41, 5.74) is 0.368. The number of halogens is 1. The molecule has 0 amide bonds. The van der Waals surface area contributed by atoms with Crippen molar-refractivity contribution in [1.82, 2.24) is 4.98 Å². The fraction of sp³-hybridized carbons (Fsp3) is 0. The van der Waals surface area contributed by atoms with Crippen LogP contribution < -0.4 is 4.74 Å². The van der Waals surface area contributed by atoms with Gasteiger partial charge in [-0.1, -0.05) is 11.6 Å². The quantitative estimate of drug-likeness (QED) is 0.930. The molecule has 0 spiro atoms. The fourth-order valence-electron chi connectivity index (χ4n) is 1.38. The minimum atomic E-state index is -1.12. The smallest absolute Gasteiger partial charge is 0.339 e. The molecule has 94 valence electrons. The summed E-state index contributed by atoms with van der Waals surface area (Å²) in [6.45, 7) is 0. The lowest BCUT2D eigenvalue weighted by Gasteiger charge is -2.08. The van der Waals surface area contributed by atoms with Crippen LogP contribution >= 0.6 is 11.6 Å². The van der Waals surface area contributed by atoms with Gasteiger partial charge in [0.1, 0.15) is 17.4 Å². The first-order chi connectivity index (χ1) is 9.10. The summed E-state index contributed by atoms with van der Waals surface area (Å²) in [7, 11) is 0. The first-order valence-corrected chi connectivity index (χ1v) is 5.55. The summed E-state index contributed by atoms with van der Waals surface area (Å²) < 4.78 is 5.37. The monoisotopic (exact) mass is 274 g/mol. The minimum absolute atomic E-state index is 0.0180. The van der Waals surface area contributed by atoms with Gasteiger partial charge in [0, 0.05) is 23.4 Å². The van der Waals surface area contributed by atoms with Crippen molar-refractivity contribution in [2.45, 2.75) is 0 Å². The number of ether oxygens (including phenoxy) is 1. The molecule has 1 aromatic carbocycles. The Hall–Kier alpha value is -2.58. The highest BCUT2D eigenvalue weighted by Crippen LogP contribution is 2.27. The van der Waals surface area contributed by atoms with Crippen LogP contribution in [0.2, 0.25) is 5.02 Å². The summed E-state index contributed by atoms with van der Waals surface area (Å²) in [5, 5.41) is 18.0. The van der Waals surface area contributed by atoms with Crippen LogP contribution in [-0.4, -0.2) is 16.1 Å². The molecular weight excluding hydrogens is 268 g/mol. The highest BCUT2D eigenvalue weighted by molar-refractivity contribution is 6.30. The van der Waals surface area contributed by atoms with Gasteiger partial charge in [0.05, 0.1) is 5.56 Å². The van der Waals surface area contributed by atoms with Gasteiger partial charge < -0.3 is 9.84 Å². The average Bonchev–Trinajstić information content (AvgIpc) is 2.39. The Balaban J connectivity index is 2.34. The molecule has 6 heteroatoms. The van der Waals surface area contributed by atoms with E-state index in [1.807, 2.05) is 6.07 Å². The number of benzene rings is 1. The minimum Gasteiger partial charge on any atom is -0.478 e. The van der Waals surface area contributed by atoms with Crippen LogP contribution in [0.4, 0.5) is 0 Å². The SMILES string of the molecule is N#Cc1ccc(Oc2cc(Cl)ccc2C(=O)O)nc1. The normalized spacial score (nSPS) is 9.68. The predicted molar refractivity (Wildman–Crippen MR) is 67.4 cm³/mol. The molecule has 5 nitrogen and oxygen atoms in total. The molecule has 0 saturated heterocycles. The molecule has 0 aliphatic rings. The Labute approximate surface area is 113 Å². The number of nitrogens with zero attached hydrogens (tertiary/aromatic N) is 2. The molecule has 1 aromatic heterocycles. The van der Waals surface area contributed by atoms with Gasteiger partial charge in [-0.2, -0.15) is 5.26 Å². The lowest BCUT2D eigenvalue weighted by atomic mass is 10.2. The third-order valence-electron chi connectivity index (χ3n) is 2.25. The van der Waals surface area contributed by atoms with Crippen molar-refractivity contribution in [1.29, 1.82) is 5.26 Å². The first-order valence-electron chi connectivity index (χ1n) is 5.17. The Morgan fingerprint density at radius 1 is 1.37 bits per heavy atom. The topological polar surface area (TPSA) is 83.2 Å². The zero-order valence-electron chi connectivity index (χ0n) is 9.50. The molecule has 2 aromatic rings. The van der Waals surface area contributed by atoms with Crippen LogP contribution in [0.3, 0.4) is 0 Å². The molecule has 19 heavy (non-hydrogen) atoms. The highest BCUT2D eigenvalue weighted by Gasteiger charge is 2.13. The number of aromatic carboxylic acids is 1. The molecule has 0 bridgehead atoms. The summed E-state index contributed by atoms with van der Waals surface area (Å²) in [6.07, 6.45) is 1.33. The number of rotatable bonds is 3. The van der Waals surface area contributed by atoms with Gasteiger partial charge in [-0.25, -0.2) is 9.78 Å². The van der Waals surface area contributed by atoms with Gasteiger partial charge in [-0.05, 0) is 18.2 Å². The maximum Gasteiger partial charge on any atom is 0.339 e. The number of nitriles is 1. The molecule has 0 fully saturated rings. The lowest BCUT2D eigenvalue weighted by Crippen LogP contribution is -2.00. The molecule has 0 atom stereocenters. The van der Waals surface area contributed by atoms with Gasteiger partial charge in [0.25, 0.3) is 0 Å². The van der Waals surface area contributed by atoms with E-state index in [2.05, 4.69) is 4.98 Å². The highest BCUT2D eigenvalue weighted by atomic mass is 35.5. The average molecular weight is 275 g/mol. The summed E-state index contributed by atoms with van der Waals surface area (Å²) >= 11 is 5.80. The second-order valence-electron chi connectivity index (χ2n) is 3.54. The van der Waals surface area contributed by atoms with Crippen LogP contribution in [0.15, 0.2) is 36.5 Å². The number of carboxylic acid groups (broad SMARTS) is 1. The Morgan fingerprint density at radius 3 is 2.74 bits per heavy atom. The van der Waals surface area contributed by atoms with Crippen LogP contribution in [0.5, 0.6) is 11.6 Å². The van der Waals surface area contributed by atoms with Gasteiger partial charge in [0.15, 0.2) is 0 Å². The van der Waals surface area contributed by atoms with Gasteiger partial charge in [-0.3, -0.25) is 0 Å². The number of hydrogen-bond acceptors (Lipinski definition) is 4. The number of carbonyl (C=O) groups is 1. The van der Waals surface area contributed by atoms with E-state index >= 15 is 0 Å². The molecule has 1 heterocycles. The van der Waals surface area contributed by atoms with Crippen molar-refractivity contribution < 1.29 is 14.6 Å². The standard InChI is InChI=1S/C13H7ClN2O3/c14-9-2-3-10(13(17)18)11(5-9)19-12-4-1-8(6-15)7-16-12/h1-5,7H,(H,17,18).